The maximum Gasteiger partial charge on any atom is 0.307 e. The summed E-state index contributed by atoms with van der Waals surface area (Å²) in [6, 6.07) is 1.33. The van der Waals surface area contributed by atoms with Gasteiger partial charge in [-0.05, 0) is 13.0 Å². The number of nitrogens with zero attached hydrogens (tertiary/aromatic N) is 2. The number of aromatic hydroxyl groups is 1. The highest BCUT2D eigenvalue weighted by molar-refractivity contribution is 5.94. The van der Waals surface area contributed by atoms with E-state index in [1.807, 2.05) is 0 Å². The van der Waals surface area contributed by atoms with Gasteiger partial charge in [0.05, 0.1) is 24.8 Å². The van der Waals surface area contributed by atoms with Crippen LogP contribution in [-0.4, -0.2) is 47.1 Å². The van der Waals surface area contributed by atoms with Crippen LogP contribution < -0.4 is 0 Å². The molecule has 0 atom stereocenters. The van der Waals surface area contributed by atoms with Crippen molar-refractivity contribution in [2.75, 3.05) is 20.2 Å². The van der Waals surface area contributed by atoms with E-state index < -0.39 is 0 Å². The molecule has 0 saturated heterocycles. The van der Waals surface area contributed by atoms with Gasteiger partial charge in [-0.15, -0.1) is 0 Å². The Morgan fingerprint density at radius 1 is 1.44 bits per heavy atom. The van der Waals surface area contributed by atoms with Crippen LogP contribution in [0.15, 0.2) is 18.5 Å². The summed E-state index contributed by atoms with van der Waals surface area (Å²) in [5.41, 5.74) is 0.279. The van der Waals surface area contributed by atoms with E-state index in [9.17, 15) is 14.7 Å². The molecule has 98 valence electrons. The minimum absolute atomic E-state index is 0.0698. The molecular weight excluding hydrogens is 236 g/mol. The summed E-state index contributed by atoms with van der Waals surface area (Å²) in [7, 11) is 1.58. The zero-order valence-electron chi connectivity index (χ0n) is 10.4. The first kappa shape index (κ1) is 14.0. The molecule has 1 rings (SSSR count). The molecule has 1 aromatic rings. The molecule has 1 aromatic heterocycles. The predicted molar refractivity (Wildman–Crippen MR) is 64.1 cm³/mol. The molecule has 0 aliphatic rings. The van der Waals surface area contributed by atoms with E-state index in [2.05, 4.69) is 4.98 Å². The van der Waals surface area contributed by atoms with E-state index >= 15 is 0 Å². The highest BCUT2D eigenvalue weighted by Gasteiger charge is 2.14. The fraction of sp³-hybridized carbons (Fsp3) is 0.417. The van der Waals surface area contributed by atoms with Gasteiger partial charge in [-0.3, -0.25) is 14.6 Å². The second-order valence-corrected chi connectivity index (χ2v) is 3.71. The molecule has 0 radical (unpaired) electrons. The second kappa shape index (κ2) is 6.58. The van der Waals surface area contributed by atoms with Gasteiger partial charge in [0.15, 0.2) is 0 Å². The third-order valence-electron chi connectivity index (χ3n) is 2.27. The number of pyridine rings is 1. The zero-order valence-corrected chi connectivity index (χ0v) is 10.4. The Hall–Kier alpha value is -2.11. The zero-order chi connectivity index (χ0) is 13.5. The molecule has 1 N–H and O–H groups in total. The molecule has 0 bridgehead atoms. The number of hydrogen-bond acceptors (Lipinski definition) is 5. The van der Waals surface area contributed by atoms with Gasteiger partial charge >= 0.3 is 5.97 Å². The van der Waals surface area contributed by atoms with Crippen LogP contribution in [0, 0.1) is 0 Å². The molecule has 6 heteroatoms. The number of aromatic nitrogens is 1. The van der Waals surface area contributed by atoms with E-state index in [1.165, 1.54) is 23.4 Å². The fourth-order valence-electron chi connectivity index (χ4n) is 1.36. The molecule has 0 fully saturated rings. The molecule has 0 aliphatic heterocycles. The number of esters is 1. The van der Waals surface area contributed by atoms with Crippen molar-refractivity contribution in [1.29, 1.82) is 0 Å². The van der Waals surface area contributed by atoms with E-state index in [1.54, 1.807) is 14.0 Å². The van der Waals surface area contributed by atoms with Gasteiger partial charge in [-0.25, -0.2) is 0 Å². The lowest BCUT2D eigenvalue weighted by atomic mass is 10.2. The smallest absolute Gasteiger partial charge is 0.307 e. The number of carbonyl (C=O) groups excluding carboxylic acids is 2. The van der Waals surface area contributed by atoms with E-state index in [-0.39, 0.29) is 36.2 Å². The highest BCUT2D eigenvalue weighted by Crippen LogP contribution is 2.10. The fourth-order valence-corrected chi connectivity index (χ4v) is 1.36. The van der Waals surface area contributed by atoms with Gasteiger partial charge in [0.2, 0.25) is 0 Å². The average Bonchev–Trinajstić information content (AvgIpc) is 2.35. The molecule has 18 heavy (non-hydrogen) atoms. The van der Waals surface area contributed by atoms with Crippen molar-refractivity contribution >= 4 is 11.9 Å². The minimum atomic E-state index is -0.341. The van der Waals surface area contributed by atoms with E-state index in [0.29, 0.717) is 6.61 Å². The Bertz CT molecular complexity index is 434. The van der Waals surface area contributed by atoms with Crippen molar-refractivity contribution < 1.29 is 19.4 Å². The molecule has 0 unspecified atom stereocenters. The standard InChI is InChI=1S/C12H16N2O4/c1-3-18-11(16)4-5-14(2)12(17)9-6-10(15)8-13-7-9/h6-8,15H,3-5H2,1-2H3. The first-order chi connectivity index (χ1) is 8.54. The lowest BCUT2D eigenvalue weighted by Crippen LogP contribution is -2.29. The lowest BCUT2D eigenvalue weighted by molar-refractivity contribution is -0.143. The third-order valence-corrected chi connectivity index (χ3v) is 2.27. The van der Waals surface area contributed by atoms with Gasteiger partial charge in [-0.2, -0.15) is 0 Å². The number of ether oxygens (including phenoxy) is 1. The Labute approximate surface area is 105 Å². The van der Waals surface area contributed by atoms with Crippen molar-refractivity contribution in [3.63, 3.8) is 0 Å². The third kappa shape index (κ3) is 4.04. The van der Waals surface area contributed by atoms with E-state index in [4.69, 9.17) is 4.74 Å². The van der Waals surface area contributed by atoms with Crippen LogP contribution in [-0.2, 0) is 9.53 Å². The molecule has 0 saturated carbocycles. The minimum Gasteiger partial charge on any atom is -0.506 e. The first-order valence-electron chi connectivity index (χ1n) is 5.59. The van der Waals surface area contributed by atoms with Crippen molar-refractivity contribution in [3.05, 3.63) is 24.0 Å². The summed E-state index contributed by atoms with van der Waals surface area (Å²) in [6.07, 6.45) is 2.75. The van der Waals surface area contributed by atoms with Gasteiger partial charge in [-0.1, -0.05) is 0 Å². The Morgan fingerprint density at radius 3 is 2.78 bits per heavy atom. The van der Waals surface area contributed by atoms with Crippen LogP contribution in [0.3, 0.4) is 0 Å². The van der Waals surface area contributed by atoms with Crippen LogP contribution in [0.2, 0.25) is 0 Å². The monoisotopic (exact) mass is 252 g/mol. The summed E-state index contributed by atoms with van der Waals surface area (Å²) in [5, 5.41) is 9.22. The van der Waals surface area contributed by atoms with E-state index in [0.717, 1.165) is 0 Å². The molecule has 0 aliphatic carbocycles. The van der Waals surface area contributed by atoms with Crippen LogP contribution >= 0.6 is 0 Å². The van der Waals surface area contributed by atoms with Crippen molar-refractivity contribution in [2.45, 2.75) is 13.3 Å². The Kier molecular flexibility index (Phi) is 5.10. The maximum absolute atomic E-state index is 11.9. The summed E-state index contributed by atoms with van der Waals surface area (Å²) in [4.78, 5) is 28.1. The van der Waals surface area contributed by atoms with Gasteiger partial charge < -0.3 is 14.7 Å². The largest absolute Gasteiger partial charge is 0.506 e. The predicted octanol–water partition coefficient (Wildman–Crippen LogP) is 0.812. The SMILES string of the molecule is CCOC(=O)CCN(C)C(=O)c1cncc(O)c1. The summed E-state index contributed by atoms with van der Waals surface area (Å²) >= 11 is 0. The average molecular weight is 252 g/mol. The van der Waals surface area contributed by atoms with Crippen LogP contribution in [0.1, 0.15) is 23.7 Å². The first-order valence-corrected chi connectivity index (χ1v) is 5.59. The molecule has 1 amide bonds. The molecular formula is C12H16N2O4. The van der Waals surface area contributed by atoms with Gasteiger partial charge in [0, 0.05) is 19.8 Å². The topological polar surface area (TPSA) is 79.7 Å². The van der Waals surface area contributed by atoms with Gasteiger partial charge in [0.1, 0.15) is 5.75 Å². The highest BCUT2D eigenvalue weighted by atomic mass is 16.5. The molecule has 1 heterocycles. The van der Waals surface area contributed by atoms with Crippen LogP contribution in [0.25, 0.3) is 0 Å². The Balaban J connectivity index is 2.54. The number of hydrogen-bond donors (Lipinski definition) is 1. The molecule has 0 spiro atoms. The summed E-state index contributed by atoms with van der Waals surface area (Å²) in [5.74, 6) is -0.714. The number of rotatable bonds is 5. The molecule has 6 nitrogen and oxygen atoms in total. The van der Waals surface area contributed by atoms with Crippen molar-refractivity contribution in [3.8, 4) is 5.75 Å². The van der Waals surface area contributed by atoms with Crippen molar-refractivity contribution in [1.82, 2.24) is 9.88 Å². The second-order valence-electron chi connectivity index (χ2n) is 3.71. The van der Waals surface area contributed by atoms with Crippen molar-refractivity contribution in [2.24, 2.45) is 0 Å². The lowest BCUT2D eigenvalue weighted by Gasteiger charge is -2.16. The summed E-state index contributed by atoms with van der Waals surface area (Å²) in [6.45, 7) is 2.31. The number of amides is 1. The normalized spacial score (nSPS) is 9.89. The summed E-state index contributed by atoms with van der Waals surface area (Å²) < 4.78 is 4.77. The molecule has 0 aromatic carbocycles. The van der Waals surface area contributed by atoms with Gasteiger partial charge in [0.25, 0.3) is 5.91 Å². The Morgan fingerprint density at radius 2 is 2.17 bits per heavy atom. The van der Waals surface area contributed by atoms with Crippen LogP contribution in [0.4, 0.5) is 0 Å². The maximum atomic E-state index is 11.9. The number of carbonyl (C=O) groups is 2. The quantitative estimate of drug-likeness (QED) is 0.784. The van der Waals surface area contributed by atoms with Crippen LogP contribution in [0.5, 0.6) is 5.75 Å².